The Bertz CT molecular complexity index is 981. The van der Waals surface area contributed by atoms with Crippen molar-refractivity contribution in [1.29, 1.82) is 0 Å². The van der Waals surface area contributed by atoms with Crippen molar-refractivity contribution in [3.05, 3.63) is 71.6 Å². The molecule has 4 rings (SSSR count). The van der Waals surface area contributed by atoms with Crippen LogP contribution < -0.4 is 4.90 Å². The van der Waals surface area contributed by atoms with Crippen molar-refractivity contribution in [3.8, 4) is 11.1 Å². The molecule has 1 aliphatic carbocycles. The summed E-state index contributed by atoms with van der Waals surface area (Å²) in [6.07, 6.45) is 0.306. The average Bonchev–Trinajstić information content (AvgIpc) is 3.29. The Balaban J connectivity index is 1.51. The molecule has 2 aromatic carbocycles. The van der Waals surface area contributed by atoms with Crippen LogP contribution in [-0.4, -0.2) is 35.8 Å². The number of aromatic carboxylic acids is 1. The van der Waals surface area contributed by atoms with Gasteiger partial charge >= 0.3 is 18.1 Å². The Labute approximate surface area is 154 Å². The number of amides is 1. The highest BCUT2D eigenvalue weighted by Crippen LogP contribution is 2.44. The molecule has 0 spiro atoms. The lowest BCUT2D eigenvalue weighted by molar-refractivity contribution is 0.0690. The molecule has 136 valence electrons. The van der Waals surface area contributed by atoms with Crippen molar-refractivity contribution in [2.75, 3.05) is 18.6 Å². The van der Waals surface area contributed by atoms with Gasteiger partial charge in [0.1, 0.15) is 12.9 Å². The van der Waals surface area contributed by atoms with Gasteiger partial charge in [-0.25, -0.2) is 14.5 Å². The zero-order chi connectivity index (χ0) is 19.0. The average molecular weight is 364 g/mol. The summed E-state index contributed by atoms with van der Waals surface area (Å²) in [5.41, 5.74) is 4.22. The number of oxazole rings is 1. The Morgan fingerprint density at radius 3 is 2.26 bits per heavy atom. The van der Waals surface area contributed by atoms with Crippen molar-refractivity contribution < 1.29 is 23.8 Å². The third kappa shape index (κ3) is 2.93. The second-order valence-corrected chi connectivity index (χ2v) is 6.18. The maximum atomic E-state index is 12.4. The minimum atomic E-state index is -1.23. The van der Waals surface area contributed by atoms with Gasteiger partial charge in [-0.3, -0.25) is 0 Å². The molecular weight excluding hydrogens is 348 g/mol. The molecule has 1 amide bonds. The van der Waals surface area contributed by atoms with E-state index in [1.54, 1.807) is 0 Å². The number of nitrogens with zero attached hydrogens (tertiary/aromatic N) is 2. The number of anilines is 1. The van der Waals surface area contributed by atoms with E-state index in [9.17, 15) is 9.59 Å². The summed E-state index contributed by atoms with van der Waals surface area (Å²) in [4.78, 5) is 28.0. The van der Waals surface area contributed by atoms with Crippen molar-refractivity contribution >= 4 is 18.1 Å². The van der Waals surface area contributed by atoms with E-state index in [4.69, 9.17) is 14.3 Å². The topological polar surface area (TPSA) is 92.9 Å². The fourth-order valence-corrected chi connectivity index (χ4v) is 3.29. The zero-order valence-corrected chi connectivity index (χ0v) is 14.5. The molecular formula is C20H16N2O5. The Kier molecular flexibility index (Phi) is 4.12. The summed E-state index contributed by atoms with van der Waals surface area (Å²) in [5.74, 6) is -1.29. The lowest BCUT2D eigenvalue weighted by Gasteiger charge is -2.17. The number of fused-ring (bicyclic) bond motifs is 3. The Morgan fingerprint density at radius 2 is 1.70 bits per heavy atom. The normalized spacial score (nSPS) is 12.3. The molecule has 27 heavy (non-hydrogen) atoms. The van der Waals surface area contributed by atoms with Gasteiger partial charge in [0.05, 0.1) is 0 Å². The van der Waals surface area contributed by atoms with Crippen LogP contribution in [0.4, 0.5) is 10.8 Å². The molecule has 0 aliphatic heterocycles. The summed E-state index contributed by atoms with van der Waals surface area (Å²) < 4.78 is 10.5. The lowest BCUT2D eigenvalue weighted by Crippen LogP contribution is -2.28. The molecule has 1 heterocycles. The fraction of sp³-hybridized carbons (Fsp3) is 0.150. The van der Waals surface area contributed by atoms with Crippen LogP contribution in [0, 0.1) is 0 Å². The van der Waals surface area contributed by atoms with Gasteiger partial charge in [0.15, 0.2) is 5.69 Å². The zero-order valence-electron chi connectivity index (χ0n) is 14.5. The quantitative estimate of drug-likeness (QED) is 0.758. The molecule has 1 N–H and O–H groups in total. The van der Waals surface area contributed by atoms with Gasteiger partial charge in [-0.05, 0) is 22.3 Å². The molecule has 7 nitrogen and oxygen atoms in total. The number of carboxylic acids is 1. The first-order chi connectivity index (χ1) is 13.1. The first-order valence-corrected chi connectivity index (χ1v) is 8.34. The van der Waals surface area contributed by atoms with Crippen LogP contribution in [0.15, 0.2) is 59.2 Å². The maximum Gasteiger partial charge on any atom is 0.417 e. The van der Waals surface area contributed by atoms with Crippen LogP contribution in [0.2, 0.25) is 0 Å². The number of aromatic nitrogens is 1. The largest absolute Gasteiger partial charge is 0.476 e. The van der Waals surface area contributed by atoms with Crippen molar-refractivity contribution in [2.45, 2.75) is 5.92 Å². The van der Waals surface area contributed by atoms with Crippen LogP contribution in [0.1, 0.15) is 27.5 Å². The summed E-state index contributed by atoms with van der Waals surface area (Å²) in [5, 5.41) is 8.89. The SMILES string of the molecule is CN(C(=O)OCC1c2ccccc2-c2ccccc21)c1nc(C(=O)O)co1. The molecule has 0 saturated carbocycles. The summed E-state index contributed by atoms with van der Waals surface area (Å²) in [6, 6.07) is 15.9. The highest BCUT2D eigenvalue weighted by Gasteiger charge is 2.30. The third-order valence-corrected chi connectivity index (χ3v) is 4.61. The van der Waals surface area contributed by atoms with E-state index in [1.165, 1.54) is 7.05 Å². The molecule has 1 aliphatic rings. The van der Waals surface area contributed by atoms with Gasteiger partial charge in [0.2, 0.25) is 0 Å². The van der Waals surface area contributed by atoms with Crippen molar-refractivity contribution in [2.24, 2.45) is 0 Å². The molecule has 1 aromatic heterocycles. The summed E-state index contributed by atoms with van der Waals surface area (Å²) in [6.45, 7) is 0.156. The number of carbonyl (C=O) groups is 2. The standard InChI is InChI=1S/C20H16N2O5/c1-22(19-21-17(11-26-19)18(23)24)20(25)27-10-16-14-8-4-2-6-12(14)13-7-3-5-9-15(13)16/h2-9,11,16H,10H2,1H3,(H,23,24). The second kappa shape index (κ2) is 6.60. The Morgan fingerprint density at radius 1 is 1.11 bits per heavy atom. The van der Waals surface area contributed by atoms with Crippen LogP contribution in [0.25, 0.3) is 11.1 Å². The summed E-state index contributed by atoms with van der Waals surface area (Å²) in [7, 11) is 1.41. The predicted molar refractivity (Wildman–Crippen MR) is 96.9 cm³/mol. The number of carbonyl (C=O) groups excluding carboxylic acids is 1. The van der Waals surface area contributed by atoms with Crippen LogP contribution in [0.3, 0.4) is 0 Å². The van der Waals surface area contributed by atoms with Crippen molar-refractivity contribution in [3.63, 3.8) is 0 Å². The van der Waals surface area contributed by atoms with E-state index in [1.807, 2.05) is 36.4 Å². The summed E-state index contributed by atoms with van der Waals surface area (Å²) >= 11 is 0. The van der Waals surface area contributed by atoms with E-state index >= 15 is 0 Å². The first-order valence-electron chi connectivity index (χ1n) is 8.34. The lowest BCUT2D eigenvalue weighted by atomic mass is 9.98. The molecule has 0 atom stereocenters. The number of benzene rings is 2. The number of hydrogen-bond donors (Lipinski definition) is 1. The molecule has 0 fully saturated rings. The number of hydrogen-bond acceptors (Lipinski definition) is 5. The number of ether oxygens (including phenoxy) is 1. The molecule has 7 heteroatoms. The van der Waals surface area contributed by atoms with Gasteiger partial charge < -0.3 is 14.3 Å². The fourth-order valence-electron chi connectivity index (χ4n) is 3.29. The van der Waals surface area contributed by atoms with Crippen LogP contribution >= 0.6 is 0 Å². The Hall–Kier alpha value is -3.61. The predicted octanol–water partition coefficient (Wildman–Crippen LogP) is 3.76. The van der Waals surface area contributed by atoms with E-state index in [-0.39, 0.29) is 24.2 Å². The highest BCUT2D eigenvalue weighted by molar-refractivity contribution is 5.88. The number of rotatable bonds is 4. The van der Waals surface area contributed by atoms with E-state index in [0.29, 0.717) is 0 Å². The second-order valence-electron chi connectivity index (χ2n) is 6.18. The van der Waals surface area contributed by atoms with E-state index < -0.39 is 12.1 Å². The van der Waals surface area contributed by atoms with Crippen molar-refractivity contribution in [1.82, 2.24) is 4.98 Å². The molecule has 3 aromatic rings. The smallest absolute Gasteiger partial charge is 0.417 e. The first kappa shape index (κ1) is 16.8. The van der Waals surface area contributed by atoms with E-state index in [0.717, 1.165) is 33.4 Å². The minimum Gasteiger partial charge on any atom is -0.476 e. The third-order valence-electron chi connectivity index (χ3n) is 4.61. The van der Waals surface area contributed by atoms with Gasteiger partial charge in [0.25, 0.3) is 0 Å². The van der Waals surface area contributed by atoms with Crippen LogP contribution in [0.5, 0.6) is 0 Å². The van der Waals surface area contributed by atoms with Gasteiger partial charge in [-0.2, -0.15) is 4.98 Å². The maximum absolute atomic E-state index is 12.4. The van der Waals surface area contributed by atoms with Gasteiger partial charge in [-0.15, -0.1) is 0 Å². The monoisotopic (exact) mass is 364 g/mol. The highest BCUT2D eigenvalue weighted by atomic mass is 16.6. The molecule has 0 unspecified atom stereocenters. The molecule has 0 bridgehead atoms. The van der Waals surface area contributed by atoms with E-state index in [2.05, 4.69) is 17.1 Å². The minimum absolute atomic E-state index is 0.0612. The number of carboxylic acid groups (broad SMARTS) is 1. The molecule has 0 saturated heterocycles. The molecule has 0 radical (unpaired) electrons. The van der Waals surface area contributed by atoms with Gasteiger partial charge in [0, 0.05) is 13.0 Å². The van der Waals surface area contributed by atoms with Gasteiger partial charge in [-0.1, -0.05) is 48.5 Å². The van der Waals surface area contributed by atoms with Crippen LogP contribution in [-0.2, 0) is 4.74 Å².